The van der Waals surface area contributed by atoms with Gasteiger partial charge in [-0.3, -0.25) is 9.59 Å². The molecule has 0 aliphatic carbocycles. The molecule has 0 radical (unpaired) electrons. The predicted molar refractivity (Wildman–Crippen MR) is 161 cm³/mol. The minimum atomic E-state index is -0.524. The standard InChI is InChI=1S/C31H24ClN3O2S2/c32-24-16-14-22(15-17-24)27-20-38-31(34-27)35-30(37)29(23-10-5-2-6-11-23)39-26-13-7-12-25(19-26)33-28(36)18-21-8-3-1-4-9-21/h1-17,19-20,29H,18H2,(H,33,36)(H,34,35,37). The molecule has 0 bridgehead atoms. The van der Waals surface area contributed by atoms with Gasteiger partial charge in [0.15, 0.2) is 5.13 Å². The van der Waals surface area contributed by atoms with Crippen LogP contribution in [-0.2, 0) is 16.0 Å². The molecule has 2 N–H and O–H groups in total. The van der Waals surface area contributed by atoms with Crippen LogP contribution < -0.4 is 10.6 Å². The van der Waals surface area contributed by atoms with Gasteiger partial charge in [0.25, 0.3) is 0 Å². The van der Waals surface area contributed by atoms with Crippen LogP contribution in [0.4, 0.5) is 10.8 Å². The molecule has 0 fully saturated rings. The van der Waals surface area contributed by atoms with Crippen LogP contribution in [0.1, 0.15) is 16.4 Å². The molecule has 4 aromatic carbocycles. The van der Waals surface area contributed by atoms with E-state index in [0.29, 0.717) is 22.3 Å². The average molecular weight is 570 g/mol. The highest BCUT2D eigenvalue weighted by Crippen LogP contribution is 2.37. The fraction of sp³-hybridized carbons (Fsp3) is 0.0645. The topological polar surface area (TPSA) is 71.1 Å². The molecule has 5 rings (SSSR count). The van der Waals surface area contributed by atoms with Crippen molar-refractivity contribution in [2.24, 2.45) is 0 Å². The number of halogens is 1. The Labute approximate surface area is 240 Å². The van der Waals surface area contributed by atoms with Crippen LogP contribution in [0.25, 0.3) is 11.3 Å². The van der Waals surface area contributed by atoms with Gasteiger partial charge in [0.2, 0.25) is 11.8 Å². The third-order valence-electron chi connectivity index (χ3n) is 5.79. The van der Waals surface area contributed by atoms with Gasteiger partial charge in [-0.05, 0) is 41.5 Å². The number of carbonyl (C=O) groups is 2. The van der Waals surface area contributed by atoms with Crippen molar-refractivity contribution in [2.45, 2.75) is 16.6 Å². The van der Waals surface area contributed by atoms with E-state index >= 15 is 0 Å². The Balaban J connectivity index is 1.30. The number of aromatic nitrogens is 1. The van der Waals surface area contributed by atoms with Crippen LogP contribution in [0.2, 0.25) is 5.02 Å². The first-order chi connectivity index (χ1) is 19.0. The van der Waals surface area contributed by atoms with Crippen molar-refractivity contribution in [3.05, 3.63) is 131 Å². The highest BCUT2D eigenvalue weighted by molar-refractivity contribution is 8.00. The van der Waals surface area contributed by atoms with Crippen LogP contribution in [0.15, 0.2) is 119 Å². The molecule has 5 nitrogen and oxygen atoms in total. The summed E-state index contributed by atoms with van der Waals surface area (Å²) in [5.41, 5.74) is 4.20. The Bertz CT molecular complexity index is 1560. The zero-order valence-corrected chi connectivity index (χ0v) is 23.1. The van der Waals surface area contributed by atoms with Gasteiger partial charge in [0.1, 0.15) is 5.25 Å². The minimum Gasteiger partial charge on any atom is -0.326 e. The van der Waals surface area contributed by atoms with Gasteiger partial charge in [0.05, 0.1) is 12.1 Å². The molecule has 1 heterocycles. The number of rotatable bonds is 9. The molecule has 0 saturated heterocycles. The van der Waals surface area contributed by atoms with Gasteiger partial charge in [-0.2, -0.15) is 0 Å². The number of thiazole rings is 1. The lowest BCUT2D eigenvalue weighted by atomic mass is 10.1. The molecule has 194 valence electrons. The molecule has 0 aliphatic heterocycles. The smallest absolute Gasteiger partial charge is 0.244 e. The first kappa shape index (κ1) is 26.7. The summed E-state index contributed by atoms with van der Waals surface area (Å²) in [6, 6.07) is 34.2. The fourth-order valence-corrected chi connectivity index (χ4v) is 5.86. The van der Waals surface area contributed by atoms with E-state index in [2.05, 4.69) is 15.6 Å². The molecule has 2 amide bonds. The van der Waals surface area contributed by atoms with Gasteiger partial charge in [-0.25, -0.2) is 4.98 Å². The average Bonchev–Trinajstić information content (AvgIpc) is 3.41. The second kappa shape index (κ2) is 12.8. The Morgan fingerprint density at radius 2 is 1.56 bits per heavy atom. The van der Waals surface area contributed by atoms with Gasteiger partial charge < -0.3 is 10.6 Å². The van der Waals surface area contributed by atoms with E-state index < -0.39 is 5.25 Å². The van der Waals surface area contributed by atoms with Crippen LogP contribution in [-0.4, -0.2) is 16.8 Å². The van der Waals surface area contributed by atoms with Crippen molar-refractivity contribution in [1.82, 2.24) is 4.98 Å². The van der Waals surface area contributed by atoms with Gasteiger partial charge >= 0.3 is 0 Å². The molecular weight excluding hydrogens is 546 g/mol. The number of nitrogens with one attached hydrogen (secondary N) is 2. The molecule has 0 saturated carbocycles. The molecule has 8 heteroatoms. The summed E-state index contributed by atoms with van der Waals surface area (Å²) in [5, 5.41) is 8.52. The van der Waals surface area contributed by atoms with E-state index in [9.17, 15) is 9.59 Å². The maximum Gasteiger partial charge on any atom is 0.244 e. The molecule has 39 heavy (non-hydrogen) atoms. The van der Waals surface area contributed by atoms with Crippen molar-refractivity contribution >= 4 is 57.3 Å². The van der Waals surface area contributed by atoms with Gasteiger partial charge in [0, 0.05) is 26.5 Å². The number of benzene rings is 4. The van der Waals surface area contributed by atoms with E-state index in [1.54, 1.807) is 0 Å². The minimum absolute atomic E-state index is 0.0963. The SMILES string of the molecule is O=C(Cc1ccccc1)Nc1cccc(SC(C(=O)Nc2nc(-c3ccc(Cl)cc3)cs2)c2ccccc2)c1. The van der Waals surface area contributed by atoms with Crippen LogP contribution in [0.3, 0.4) is 0 Å². The number of hydrogen-bond acceptors (Lipinski definition) is 5. The zero-order valence-electron chi connectivity index (χ0n) is 20.7. The van der Waals surface area contributed by atoms with Crippen molar-refractivity contribution in [2.75, 3.05) is 10.6 Å². The first-order valence-electron chi connectivity index (χ1n) is 12.2. The van der Waals surface area contributed by atoms with E-state index in [-0.39, 0.29) is 11.8 Å². The van der Waals surface area contributed by atoms with Crippen LogP contribution >= 0.6 is 34.7 Å². The molecule has 1 unspecified atom stereocenters. The number of thioether (sulfide) groups is 1. The lowest BCUT2D eigenvalue weighted by Crippen LogP contribution is -2.19. The van der Waals surface area contributed by atoms with Crippen molar-refractivity contribution in [3.8, 4) is 11.3 Å². The summed E-state index contributed by atoms with van der Waals surface area (Å²) < 4.78 is 0. The zero-order chi connectivity index (χ0) is 27.0. The Morgan fingerprint density at radius 3 is 2.31 bits per heavy atom. The summed E-state index contributed by atoms with van der Waals surface area (Å²) in [6.07, 6.45) is 0.291. The maximum absolute atomic E-state index is 13.5. The van der Waals surface area contributed by atoms with Crippen molar-refractivity contribution < 1.29 is 9.59 Å². The van der Waals surface area contributed by atoms with Crippen molar-refractivity contribution in [3.63, 3.8) is 0 Å². The van der Waals surface area contributed by atoms with E-state index in [1.165, 1.54) is 23.1 Å². The Kier molecular flexibility index (Phi) is 8.73. The summed E-state index contributed by atoms with van der Waals surface area (Å²) >= 11 is 8.79. The lowest BCUT2D eigenvalue weighted by molar-refractivity contribution is -0.116. The van der Waals surface area contributed by atoms with Crippen LogP contribution in [0.5, 0.6) is 0 Å². The normalized spacial score (nSPS) is 11.5. The summed E-state index contributed by atoms with van der Waals surface area (Å²) in [7, 11) is 0. The van der Waals surface area contributed by atoms with Gasteiger partial charge in [-0.15, -0.1) is 23.1 Å². The highest BCUT2D eigenvalue weighted by Gasteiger charge is 2.23. The summed E-state index contributed by atoms with van der Waals surface area (Å²) in [4.78, 5) is 31.6. The molecular formula is C31H24ClN3O2S2. The van der Waals surface area contributed by atoms with E-state index in [4.69, 9.17) is 11.6 Å². The number of anilines is 2. The third-order valence-corrected chi connectivity index (χ3v) is 8.05. The summed E-state index contributed by atoms with van der Waals surface area (Å²) in [6.45, 7) is 0. The first-order valence-corrected chi connectivity index (χ1v) is 14.3. The number of nitrogens with zero attached hydrogens (tertiary/aromatic N) is 1. The van der Waals surface area contributed by atoms with E-state index in [1.807, 2.05) is 115 Å². The van der Waals surface area contributed by atoms with Gasteiger partial charge in [-0.1, -0.05) is 90.5 Å². The lowest BCUT2D eigenvalue weighted by Gasteiger charge is -2.17. The largest absolute Gasteiger partial charge is 0.326 e. The summed E-state index contributed by atoms with van der Waals surface area (Å²) in [5.74, 6) is -0.275. The monoisotopic (exact) mass is 569 g/mol. The fourth-order valence-electron chi connectivity index (χ4n) is 3.93. The Hall–Kier alpha value is -3.91. The molecule has 1 aromatic heterocycles. The second-order valence-corrected chi connectivity index (χ2v) is 11.2. The molecule has 0 aliphatic rings. The predicted octanol–water partition coefficient (Wildman–Crippen LogP) is 8.12. The van der Waals surface area contributed by atoms with E-state index in [0.717, 1.165) is 27.3 Å². The second-order valence-electron chi connectivity index (χ2n) is 8.68. The maximum atomic E-state index is 13.5. The van der Waals surface area contributed by atoms with Crippen LogP contribution in [0, 0.1) is 0 Å². The highest BCUT2D eigenvalue weighted by atomic mass is 35.5. The number of amides is 2. The Morgan fingerprint density at radius 1 is 0.846 bits per heavy atom. The third kappa shape index (κ3) is 7.35. The molecule has 5 aromatic rings. The number of hydrogen-bond donors (Lipinski definition) is 2. The van der Waals surface area contributed by atoms with Crippen molar-refractivity contribution in [1.29, 1.82) is 0 Å². The number of carbonyl (C=O) groups excluding carboxylic acids is 2. The quantitative estimate of drug-likeness (QED) is 0.176. The molecule has 0 spiro atoms. The molecule has 1 atom stereocenters.